The van der Waals surface area contributed by atoms with Crippen molar-refractivity contribution in [2.45, 2.75) is 11.4 Å². The van der Waals surface area contributed by atoms with Crippen LogP contribution in [0, 0.1) is 0 Å². The normalized spacial score (nSPS) is 10.4. The summed E-state index contributed by atoms with van der Waals surface area (Å²) in [5.74, 6) is 0. The minimum Gasteiger partial charge on any atom is -0.379 e. The van der Waals surface area contributed by atoms with Crippen LogP contribution in [-0.2, 0) is 6.54 Å². The maximum absolute atomic E-state index is 6.12. The summed E-state index contributed by atoms with van der Waals surface area (Å²) in [5.41, 5.74) is 3.91. The molecule has 0 fully saturated rings. The van der Waals surface area contributed by atoms with Gasteiger partial charge in [0.2, 0.25) is 0 Å². The van der Waals surface area contributed by atoms with Crippen molar-refractivity contribution in [1.29, 1.82) is 0 Å². The lowest BCUT2D eigenvalue weighted by molar-refractivity contribution is 1.07. The molecule has 2 aromatic rings. The molecule has 0 aliphatic heterocycles. The van der Waals surface area contributed by atoms with Crippen molar-refractivity contribution in [3.8, 4) is 0 Å². The van der Waals surface area contributed by atoms with Gasteiger partial charge in [-0.3, -0.25) is 0 Å². The second-order valence-electron chi connectivity index (χ2n) is 3.18. The molecule has 0 aliphatic rings. The number of hydrogen-bond donors (Lipinski definition) is 1. The molecule has 0 unspecified atom stereocenters. The number of benzene rings is 1. The second kappa shape index (κ2) is 5.57. The largest absolute Gasteiger partial charge is 0.379 e. The fraction of sp³-hybridized carbons (Fsp3) is 0.182. The third-order valence-electron chi connectivity index (χ3n) is 2.11. The summed E-state index contributed by atoms with van der Waals surface area (Å²) in [6.45, 7) is 0.735. The standard InChI is InChI=1S/C11H11ClN2S2/c1-15-11-3-2-8(4-10(11)12)13-5-9-6-16-7-14-9/h2-4,6-7,13H,5H2,1H3. The molecule has 0 atom stereocenters. The monoisotopic (exact) mass is 270 g/mol. The van der Waals surface area contributed by atoms with Gasteiger partial charge in [-0.2, -0.15) is 0 Å². The molecule has 0 amide bonds. The summed E-state index contributed by atoms with van der Waals surface area (Å²) in [6.07, 6.45) is 2.02. The average Bonchev–Trinajstić information content (AvgIpc) is 2.79. The topological polar surface area (TPSA) is 24.9 Å². The van der Waals surface area contributed by atoms with Crippen molar-refractivity contribution in [3.63, 3.8) is 0 Å². The van der Waals surface area contributed by atoms with E-state index in [-0.39, 0.29) is 0 Å². The average molecular weight is 271 g/mol. The third kappa shape index (κ3) is 2.90. The molecule has 1 aromatic heterocycles. The lowest BCUT2D eigenvalue weighted by Gasteiger charge is -2.07. The maximum atomic E-state index is 6.12. The highest BCUT2D eigenvalue weighted by Crippen LogP contribution is 2.28. The van der Waals surface area contributed by atoms with Gasteiger partial charge in [0.15, 0.2) is 0 Å². The Hall–Kier alpha value is -0.710. The number of thioether (sulfide) groups is 1. The van der Waals surface area contributed by atoms with E-state index in [1.807, 2.05) is 35.3 Å². The summed E-state index contributed by atoms with van der Waals surface area (Å²) < 4.78 is 0. The molecule has 1 heterocycles. The van der Waals surface area contributed by atoms with Gasteiger partial charge in [0.25, 0.3) is 0 Å². The maximum Gasteiger partial charge on any atom is 0.0795 e. The van der Waals surface area contributed by atoms with Gasteiger partial charge < -0.3 is 5.32 Å². The van der Waals surface area contributed by atoms with Gasteiger partial charge in [-0.15, -0.1) is 23.1 Å². The molecule has 0 aliphatic carbocycles. The van der Waals surface area contributed by atoms with Gasteiger partial charge in [0, 0.05) is 16.0 Å². The van der Waals surface area contributed by atoms with Crippen molar-refractivity contribution < 1.29 is 0 Å². The molecule has 0 radical (unpaired) electrons. The van der Waals surface area contributed by atoms with Crippen LogP contribution in [0.5, 0.6) is 0 Å². The fourth-order valence-electron chi connectivity index (χ4n) is 1.29. The zero-order chi connectivity index (χ0) is 11.4. The van der Waals surface area contributed by atoms with Gasteiger partial charge in [-0.05, 0) is 24.5 Å². The van der Waals surface area contributed by atoms with Crippen molar-refractivity contribution in [2.75, 3.05) is 11.6 Å². The second-order valence-corrected chi connectivity index (χ2v) is 5.16. The molecule has 2 rings (SSSR count). The van der Waals surface area contributed by atoms with Crippen molar-refractivity contribution in [2.24, 2.45) is 0 Å². The van der Waals surface area contributed by atoms with Crippen molar-refractivity contribution in [1.82, 2.24) is 4.98 Å². The number of anilines is 1. The minimum atomic E-state index is 0.735. The fourth-order valence-corrected chi connectivity index (χ4v) is 2.72. The highest BCUT2D eigenvalue weighted by molar-refractivity contribution is 7.98. The SMILES string of the molecule is CSc1ccc(NCc2cscn2)cc1Cl. The Balaban J connectivity index is 2.02. The first-order valence-electron chi connectivity index (χ1n) is 4.74. The van der Waals surface area contributed by atoms with Crippen LogP contribution in [0.3, 0.4) is 0 Å². The van der Waals surface area contributed by atoms with E-state index < -0.39 is 0 Å². The van der Waals surface area contributed by atoms with Crippen LogP contribution in [-0.4, -0.2) is 11.2 Å². The molecular formula is C11H11ClN2S2. The van der Waals surface area contributed by atoms with Crippen molar-refractivity contribution in [3.05, 3.63) is 39.8 Å². The smallest absolute Gasteiger partial charge is 0.0795 e. The number of thiazole rings is 1. The molecule has 84 valence electrons. The van der Waals surface area contributed by atoms with E-state index in [0.717, 1.165) is 27.8 Å². The highest BCUT2D eigenvalue weighted by Gasteiger charge is 2.01. The summed E-state index contributed by atoms with van der Waals surface area (Å²) >= 11 is 9.37. The number of hydrogen-bond acceptors (Lipinski definition) is 4. The van der Waals surface area contributed by atoms with Crippen LogP contribution in [0.4, 0.5) is 5.69 Å². The molecule has 0 spiro atoms. The number of nitrogens with zero attached hydrogens (tertiary/aromatic N) is 1. The quantitative estimate of drug-likeness (QED) is 0.846. The Morgan fingerprint density at radius 2 is 2.38 bits per heavy atom. The minimum absolute atomic E-state index is 0.735. The van der Waals surface area contributed by atoms with Crippen LogP contribution in [0.1, 0.15) is 5.69 Å². The zero-order valence-corrected chi connectivity index (χ0v) is 11.1. The highest BCUT2D eigenvalue weighted by atomic mass is 35.5. The molecule has 1 N–H and O–H groups in total. The Morgan fingerprint density at radius 1 is 1.50 bits per heavy atom. The van der Waals surface area contributed by atoms with E-state index in [9.17, 15) is 0 Å². The van der Waals surface area contributed by atoms with Gasteiger partial charge in [0.1, 0.15) is 0 Å². The number of halogens is 1. The first kappa shape index (κ1) is 11.8. The molecule has 2 nitrogen and oxygen atoms in total. The van der Waals surface area contributed by atoms with Gasteiger partial charge in [0.05, 0.1) is 22.8 Å². The van der Waals surface area contributed by atoms with Crippen LogP contribution >= 0.6 is 34.7 Å². The number of aromatic nitrogens is 1. The van der Waals surface area contributed by atoms with Crippen LogP contribution in [0.2, 0.25) is 5.02 Å². The lowest BCUT2D eigenvalue weighted by Crippen LogP contribution is -1.99. The first-order chi connectivity index (χ1) is 7.79. The van der Waals surface area contributed by atoms with Gasteiger partial charge >= 0.3 is 0 Å². The van der Waals surface area contributed by atoms with E-state index in [4.69, 9.17) is 11.6 Å². The number of rotatable bonds is 4. The lowest BCUT2D eigenvalue weighted by atomic mass is 10.3. The van der Waals surface area contributed by atoms with Crippen LogP contribution in [0.25, 0.3) is 0 Å². The molecule has 0 bridgehead atoms. The zero-order valence-electron chi connectivity index (χ0n) is 8.74. The molecule has 16 heavy (non-hydrogen) atoms. The van der Waals surface area contributed by atoms with E-state index in [2.05, 4.69) is 10.3 Å². The van der Waals surface area contributed by atoms with Gasteiger partial charge in [-0.1, -0.05) is 11.6 Å². The first-order valence-corrected chi connectivity index (χ1v) is 7.28. The Morgan fingerprint density at radius 3 is 3.00 bits per heavy atom. The molecule has 0 saturated heterocycles. The molecule has 0 saturated carbocycles. The summed E-state index contributed by atoms with van der Waals surface area (Å²) in [5, 5.41) is 6.11. The Bertz CT molecular complexity index is 457. The van der Waals surface area contributed by atoms with E-state index in [0.29, 0.717) is 0 Å². The van der Waals surface area contributed by atoms with E-state index in [1.54, 1.807) is 23.1 Å². The Kier molecular flexibility index (Phi) is 4.09. The predicted octanol–water partition coefficient (Wildman–Crippen LogP) is 4.13. The van der Waals surface area contributed by atoms with Crippen LogP contribution < -0.4 is 5.32 Å². The third-order valence-corrected chi connectivity index (χ3v) is 3.96. The predicted molar refractivity (Wildman–Crippen MR) is 72.7 cm³/mol. The summed E-state index contributed by atoms with van der Waals surface area (Å²) in [7, 11) is 0. The number of nitrogens with one attached hydrogen (secondary N) is 1. The Labute approximate surface area is 108 Å². The molecular weight excluding hydrogens is 260 g/mol. The molecule has 5 heteroatoms. The summed E-state index contributed by atoms with van der Waals surface area (Å²) in [6, 6.07) is 6.00. The summed E-state index contributed by atoms with van der Waals surface area (Å²) in [4.78, 5) is 5.30. The van der Waals surface area contributed by atoms with Crippen LogP contribution in [0.15, 0.2) is 34.0 Å². The van der Waals surface area contributed by atoms with Gasteiger partial charge in [-0.25, -0.2) is 4.98 Å². The van der Waals surface area contributed by atoms with E-state index >= 15 is 0 Å². The van der Waals surface area contributed by atoms with E-state index in [1.165, 1.54) is 0 Å². The molecule has 1 aromatic carbocycles. The van der Waals surface area contributed by atoms with Crippen molar-refractivity contribution >= 4 is 40.4 Å².